The molecule has 1 aromatic carbocycles. The molecule has 122 valence electrons. The van der Waals surface area contributed by atoms with E-state index in [4.69, 9.17) is 0 Å². The molecule has 1 fully saturated rings. The fourth-order valence-electron chi connectivity index (χ4n) is 2.60. The van der Waals surface area contributed by atoms with Crippen LogP contribution in [0.2, 0.25) is 0 Å². The molecule has 0 atom stereocenters. The number of nitrogens with zero attached hydrogens (tertiary/aromatic N) is 1. The van der Waals surface area contributed by atoms with Crippen molar-refractivity contribution in [1.82, 2.24) is 9.62 Å². The van der Waals surface area contributed by atoms with E-state index in [1.807, 2.05) is 13.0 Å². The molecule has 0 bridgehead atoms. The molecule has 1 aromatic rings. The lowest BCUT2D eigenvalue weighted by molar-refractivity contribution is -0.131. The van der Waals surface area contributed by atoms with Gasteiger partial charge in [-0.2, -0.15) is 0 Å². The maximum atomic E-state index is 12.4. The van der Waals surface area contributed by atoms with Gasteiger partial charge in [-0.25, -0.2) is 13.1 Å². The van der Waals surface area contributed by atoms with E-state index in [0.29, 0.717) is 24.6 Å². The maximum absolute atomic E-state index is 12.4. The Morgan fingerprint density at radius 3 is 2.55 bits per heavy atom. The van der Waals surface area contributed by atoms with E-state index in [1.165, 1.54) is 0 Å². The van der Waals surface area contributed by atoms with Crippen LogP contribution in [0.3, 0.4) is 0 Å². The van der Waals surface area contributed by atoms with Crippen LogP contribution in [0.4, 0.5) is 0 Å². The predicted molar refractivity (Wildman–Crippen MR) is 86.1 cm³/mol. The fraction of sp³-hybridized carbons (Fsp3) is 0.562. The van der Waals surface area contributed by atoms with Crippen molar-refractivity contribution >= 4 is 15.9 Å². The highest BCUT2D eigenvalue weighted by Gasteiger charge is 2.23. The monoisotopic (exact) mass is 324 g/mol. The number of likely N-dealkylation sites (tertiary alicyclic amines) is 1. The van der Waals surface area contributed by atoms with E-state index in [9.17, 15) is 13.2 Å². The second-order valence-corrected chi connectivity index (χ2v) is 7.89. The molecule has 0 unspecified atom stereocenters. The molecule has 0 aliphatic carbocycles. The highest BCUT2D eigenvalue weighted by Crippen LogP contribution is 2.17. The summed E-state index contributed by atoms with van der Waals surface area (Å²) in [5.74, 6) is 0.483. The largest absolute Gasteiger partial charge is 0.342 e. The van der Waals surface area contributed by atoms with E-state index in [1.54, 1.807) is 24.0 Å². The van der Waals surface area contributed by atoms with Crippen LogP contribution < -0.4 is 4.72 Å². The lowest BCUT2D eigenvalue weighted by atomic mass is 9.99. The minimum absolute atomic E-state index is 0.152. The second-order valence-electron chi connectivity index (χ2n) is 6.16. The molecule has 1 aliphatic heterocycles. The number of carbonyl (C=O) groups is 1. The number of carbonyl (C=O) groups excluding carboxylic acids is 1. The van der Waals surface area contributed by atoms with Gasteiger partial charge in [-0.15, -0.1) is 0 Å². The molecule has 1 heterocycles. The van der Waals surface area contributed by atoms with Gasteiger partial charge in [-0.3, -0.25) is 4.79 Å². The van der Waals surface area contributed by atoms with E-state index in [0.717, 1.165) is 18.4 Å². The Morgan fingerprint density at radius 1 is 1.27 bits per heavy atom. The number of aryl methyl sites for hydroxylation is 2. The quantitative estimate of drug-likeness (QED) is 0.919. The number of piperidine rings is 1. The van der Waals surface area contributed by atoms with Crippen molar-refractivity contribution in [2.45, 2.75) is 38.5 Å². The summed E-state index contributed by atoms with van der Waals surface area (Å²) in [4.78, 5) is 14.1. The Labute approximate surface area is 132 Å². The van der Waals surface area contributed by atoms with Crippen molar-refractivity contribution in [2.75, 3.05) is 19.6 Å². The molecule has 22 heavy (non-hydrogen) atoms. The molecule has 0 radical (unpaired) electrons. The summed E-state index contributed by atoms with van der Waals surface area (Å²) in [7, 11) is -3.66. The fourth-order valence-corrected chi connectivity index (χ4v) is 3.90. The number of benzene rings is 1. The lowest BCUT2D eigenvalue weighted by Crippen LogP contribution is -2.43. The number of sulfonamides is 1. The summed E-state index contributed by atoms with van der Waals surface area (Å²) in [6, 6.07) is 5.27. The van der Waals surface area contributed by atoms with Gasteiger partial charge in [0.25, 0.3) is 0 Å². The smallest absolute Gasteiger partial charge is 0.241 e. The molecule has 6 heteroatoms. The van der Waals surface area contributed by atoms with Crippen LogP contribution in [0.5, 0.6) is 0 Å². The highest BCUT2D eigenvalue weighted by molar-refractivity contribution is 7.89. The molecule has 2 rings (SSSR count). The summed E-state index contributed by atoms with van der Waals surface area (Å²) >= 11 is 0. The summed E-state index contributed by atoms with van der Waals surface area (Å²) in [5, 5.41) is 0. The van der Waals surface area contributed by atoms with Gasteiger partial charge < -0.3 is 4.90 Å². The molecule has 1 N–H and O–H groups in total. The van der Waals surface area contributed by atoms with Gasteiger partial charge in [0.1, 0.15) is 0 Å². The van der Waals surface area contributed by atoms with Gasteiger partial charge in [0.05, 0.1) is 11.4 Å². The first kappa shape index (κ1) is 17.0. The predicted octanol–water partition coefficient (Wildman–Crippen LogP) is 1.84. The van der Waals surface area contributed by atoms with Gasteiger partial charge in [0.15, 0.2) is 0 Å². The average Bonchev–Trinajstić information content (AvgIpc) is 2.48. The SMILES string of the molecule is Cc1ccc(C)c(S(=O)(=O)NCC(=O)N2CCC(C)CC2)c1. The summed E-state index contributed by atoms with van der Waals surface area (Å²) in [5.41, 5.74) is 1.56. The van der Waals surface area contributed by atoms with Crippen LogP contribution in [-0.4, -0.2) is 38.9 Å². The van der Waals surface area contributed by atoms with Gasteiger partial charge in [-0.05, 0) is 49.8 Å². The van der Waals surface area contributed by atoms with Gasteiger partial charge in [0, 0.05) is 13.1 Å². The molecule has 1 aliphatic rings. The van der Waals surface area contributed by atoms with Crippen LogP contribution in [0.1, 0.15) is 30.9 Å². The molecule has 5 nitrogen and oxygen atoms in total. The van der Waals surface area contributed by atoms with Crippen molar-refractivity contribution in [3.63, 3.8) is 0 Å². The Kier molecular flexibility index (Phi) is 5.24. The molecular weight excluding hydrogens is 300 g/mol. The standard InChI is InChI=1S/C16H24N2O3S/c1-12-6-8-18(9-7-12)16(19)11-17-22(20,21)15-10-13(2)4-5-14(15)3/h4-5,10,12,17H,6-9,11H2,1-3H3. The van der Waals surface area contributed by atoms with Gasteiger partial charge in [0.2, 0.25) is 15.9 Å². The highest BCUT2D eigenvalue weighted by atomic mass is 32.2. The minimum Gasteiger partial charge on any atom is -0.342 e. The summed E-state index contributed by atoms with van der Waals surface area (Å²) < 4.78 is 27.2. The Bertz CT molecular complexity index is 647. The first-order valence-corrected chi connectivity index (χ1v) is 9.12. The lowest BCUT2D eigenvalue weighted by Gasteiger charge is -2.30. The van der Waals surface area contributed by atoms with Crippen molar-refractivity contribution in [1.29, 1.82) is 0 Å². The Morgan fingerprint density at radius 2 is 1.91 bits per heavy atom. The second kappa shape index (κ2) is 6.79. The summed E-state index contributed by atoms with van der Waals surface area (Å²) in [6.07, 6.45) is 1.96. The maximum Gasteiger partial charge on any atom is 0.241 e. The third-order valence-electron chi connectivity index (χ3n) is 4.18. The zero-order valence-corrected chi connectivity index (χ0v) is 14.2. The molecule has 0 spiro atoms. The summed E-state index contributed by atoms with van der Waals surface area (Å²) in [6.45, 7) is 7.02. The Hall–Kier alpha value is -1.40. The first-order chi connectivity index (χ1) is 10.3. The topological polar surface area (TPSA) is 66.5 Å². The molecular formula is C16H24N2O3S. The van der Waals surface area contributed by atoms with E-state index < -0.39 is 10.0 Å². The number of amides is 1. The zero-order chi connectivity index (χ0) is 16.3. The normalized spacial score (nSPS) is 16.8. The Balaban J connectivity index is 2.00. The molecule has 1 saturated heterocycles. The zero-order valence-electron chi connectivity index (χ0n) is 13.4. The van der Waals surface area contributed by atoms with Crippen LogP contribution in [0.15, 0.2) is 23.1 Å². The van der Waals surface area contributed by atoms with Crippen LogP contribution >= 0.6 is 0 Å². The number of nitrogens with one attached hydrogen (secondary N) is 1. The van der Waals surface area contributed by atoms with Gasteiger partial charge >= 0.3 is 0 Å². The van der Waals surface area contributed by atoms with Crippen molar-refractivity contribution in [2.24, 2.45) is 5.92 Å². The van der Waals surface area contributed by atoms with Crippen molar-refractivity contribution in [3.05, 3.63) is 29.3 Å². The van der Waals surface area contributed by atoms with E-state index >= 15 is 0 Å². The van der Waals surface area contributed by atoms with Gasteiger partial charge in [-0.1, -0.05) is 19.1 Å². The number of hydrogen-bond acceptors (Lipinski definition) is 3. The average molecular weight is 324 g/mol. The number of rotatable bonds is 4. The first-order valence-electron chi connectivity index (χ1n) is 7.64. The molecule has 0 saturated carbocycles. The van der Waals surface area contributed by atoms with E-state index in [-0.39, 0.29) is 17.3 Å². The van der Waals surface area contributed by atoms with Crippen LogP contribution in [-0.2, 0) is 14.8 Å². The minimum atomic E-state index is -3.66. The van der Waals surface area contributed by atoms with Crippen molar-refractivity contribution < 1.29 is 13.2 Å². The van der Waals surface area contributed by atoms with Crippen molar-refractivity contribution in [3.8, 4) is 0 Å². The van der Waals surface area contributed by atoms with E-state index in [2.05, 4.69) is 11.6 Å². The third-order valence-corrected chi connectivity index (χ3v) is 5.73. The molecule has 1 amide bonds. The molecule has 0 aromatic heterocycles. The third kappa shape index (κ3) is 4.08. The number of hydrogen-bond donors (Lipinski definition) is 1. The van der Waals surface area contributed by atoms with Crippen LogP contribution in [0.25, 0.3) is 0 Å². The van der Waals surface area contributed by atoms with Crippen LogP contribution in [0, 0.1) is 19.8 Å².